The lowest BCUT2D eigenvalue weighted by atomic mass is 9.93. The summed E-state index contributed by atoms with van der Waals surface area (Å²) in [6.07, 6.45) is -4.17. The van der Waals surface area contributed by atoms with E-state index in [1.165, 1.54) is 31.2 Å². The molecule has 1 unspecified atom stereocenters. The minimum atomic E-state index is -4.56. The van der Waals surface area contributed by atoms with E-state index in [0.717, 1.165) is 6.07 Å². The molecule has 2 atom stereocenters. The van der Waals surface area contributed by atoms with Crippen LogP contribution < -0.4 is 10.9 Å². The van der Waals surface area contributed by atoms with Crippen molar-refractivity contribution < 1.29 is 27.5 Å². The number of amides is 1. The second kappa shape index (κ2) is 8.14. The van der Waals surface area contributed by atoms with Gasteiger partial charge in [-0.2, -0.15) is 13.2 Å². The van der Waals surface area contributed by atoms with Crippen LogP contribution in [-0.4, -0.2) is 29.5 Å². The van der Waals surface area contributed by atoms with Gasteiger partial charge >= 0.3 is 12.1 Å². The number of pyridine rings is 1. The molecule has 6 nitrogen and oxygen atoms in total. The molecule has 1 aromatic heterocycles. The quantitative estimate of drug-likeness (QED) is 0.600. The van der Waals surface area contributed by atoms with Crippen molar-refractivity contribution in [3.63, 3.8) is 0 Å². The summed E-state index contributed by atoms with van der Waals surface area (Å²) in [5.74, 6) is -1.21. The number of benzene rings is 2. The Bertz CT molecular complexity index is 1270. The lowest BCUT2D eigenvalue weighted by Crippen LogP contribution is -2.30. The number of carbonyl (C=O) groups is 2. The van der Waals surface area contributed by atoms with E-state index in [4.69, 9.17) is 4.74 Å². The van der Waals surface area contributed by atoms with E-state index in [-0.39, 0.29) is 35.2 Å². The number of halogens is 3. The molecule has 0 saturated carbocycles. The van der Waals surface area contributed by atoms with Crippen molar-refractivity contribution in [2.45, 2.75) is 31.5 Å². The average molecular weight is 444 g/mol. The van der Waals surface area contributed by atoms with Crippen LogP contribution in [-0.2, 0) is 20.5 Å². The first-order chi connectivity index (χ1) is 15.1. The molecule has 2 aromatic carbocycles. The predicted molar refractivity (Wildman–Crippen MR) is 111 cm³/mol. The molecule has 32 heavy (non-hydrogen) atoms. The van der Waals surface area contributed by atoms with Gasteiger partial charge in [0.2, 0.25) is 5.91 Å². The molecule has 3 aromatic rings. The average Bonchev–Trinajstić information content (AvgIpc) is 3.12. The number of hydrogen-bond acceptors (Lipinski definition) is 4. The van der Waals surface area contributed by atoms with E-state index < -0.39 is 29.2 Å². The second-order valence-electron chi connectivity index (χ2n) is 7.70. The van der Waals surface area contributed by atoms with E-state index in [2.05, 4.69) is 10.3 Å². The Labute approximate surface area is 180 Å². The number of H-pyrrole nitrogens is 1. The summed E-state index contributed by atoms with van der Waals surface area (Å²) < 4.78 is 45.1. The number of aromatic nitrogens is 1. The van der Waals surface area contributed by atoms with E-state index in [1.54, 1.807) is 18.2 Å². The van der Waals surface area contributed by atoms with Gasteiger partial charge in [0.25, 0.3) is 5.56 Å². The number of aromatic amines is 1. The first-order valence-corrected chi connectivity index (χ1v) is 9.91. The standard InChI is InChI=1S/C23H19F3N2O4/c1-12(29)32-11-15-10-18(21(30)27-15)13-6-7-14-9-20(28-22(31)17(14)8-13)16-4-2-3-5-19(16)23(24,25)26/h2-9,15,18H,10-11H2,1H3,(H,27,30)(H,28,31)/t15?,18-/m0/s1. The number of fused-ring (bicyclic) bond motifs is 1. The molecule has 1 fully saturated rings. The van der Waals surface area contributed by atoms with Crippen molar-refractivity contribution in [2.24, 2.45) is 0 Å². The molecule has 2 heterocycles. The lowest BCUT2D eigenvalue weighted by Gasteiger charge is -2.14. The third-order valence-electron chi connectivity index (χ3n) is 5.47. The van der Waals surface area contributed by atoms with Crippen molar-refractivity contribution in [2.75, 3.05) is 6.61 Å². The number of nitrogens with one attached hydrogen (secondary N) is 2. The fourth-order valence-electron chi connectivity index (χ4n) is 3.97. The topological polar surface area (TPSA) is 88.3 Å². The van der Waals surface area contributed by atoms with Gasteiger partial charge in [0.1, 0.15) is 6.61 Å². The van der Waals surface area contributed by atoms with Gasteiger partial charge in [-0.05, 0) is 35.6 Å². The van der Waals surface area contributed by atoms with Crippen molar-refractivity contribution >= 4 is 22.6 Å². The van der Waals surface area contributed by atoms with Crippen LogP contribution in [0.1, 0.15) is 30.4 Å². The summed E-state index contributed by atoms with van der Waals surface area (Å²) in [4.78, 5) is 38.6. The van der Waals surface area contributed by atoms with Crippen LogP contribution in [0.5, 0.6) is 0 Å². The van der Waals surface area contributed by atoms with E-state index in [9.17, 15) is 27.6 Å². The van der Waals surface area contributed by atoms with Crippen LogP contribution in [0.2, 0.25) is 0 Å². The Morgan fingerprint density at radius 2 is 1.88 bits per heavy atom. The van der Waals surface area contributed by atoms with Crippen LogP contribution in [0.3, 0.4) is 0 Å². The molecule has 1 saturated heterocycles. The maximum Gasteiger partial charge on any atom is 0.417 e. The predicted octanol–water partition coefficient (Wildman–Crippen LogP) is 3.75. The Balaban J connectivity index is 1.68. The summed E-state index contributed by atoms with van der Waals surface area (Å²) in [7, 11) is 0. The van der Waals surface area contributed by atoms with E-state index >= 15 is 0 Å². The summed E-state index contributed by atoms with van der Waals surface area (Å²) >= 11 is 0. The number of alkyl halides is 3. The highest BCUT2D eigenvalue weighted by Crippen LogP contribution is 2.37. The van der Waals surface area contributed by atoms with Crippen molar-refractivity contribution in [3.8, 4) is 11.3 Å². The Kier molecular flexibility index (Phi) is 5.50. The molecule has 1 aliphatic rings. The highest BCUT2D eigenvalue weighted by atomic mass is 19.4. The molecule has 166 valence electrons. The molecule has 0 aliphatic carbocycles. The lowest BCUT2D eigenvalue weighted by molar-refractivity contribution is -0.142. The van der Waals surface area contributed by atoms with Crippen molar-refractivity contribution in [3.05, 3.63) is 70.0 Å². The first-order valence-electron chi connectivity index (χ1n) is 9.91. The molecule has 1 amide bonds. The molecule has 4 rings (SSSR count). The van der Waals surface area contributed by atoms with Gasteiger partial charge in [0.05, 0.1) is 17.5 Å². The monoisotopic (exact) mass is 444 g/mol. The zero-order valence-corrected chi connectivity index (χ0v) is 17.0. The van der Waals surface area contributed by atoms with Gasteiger partial charge in [0, 0.05) is 23.6 Å². The fraction of sp³-hybridized carbons (Fsp3) is 0.261. The van der Waals surface area contributed by atoms with Gasteiger partial charge in [0.15, 0.2) is 0 Å². The maximum atomic E-state index is 13.4. The third-order valence-corrected chi connectivity index (χ3v) is 5.47. The van der Waals surface area contributed by atoms with Crippen molar-refractivity contribution in [1.29, 1.82) is 0 Å². The van der Waals surface area contributed by atoms with Gasteiger partial charge < -0.3 is 15.0 Å². The number of ether oxygens (including phenoxy) is 1. The summed E-state index contributed by atoms with van der Waals surface area (Å²) in [5.41, 5.74) is -0.844. The minimum absolute atomic E-state index is 0.0585. The molecule has 9 heteroatoms. The van der Waals surface area contributed by atoms with Crippen LogP contribution in [0.4, 0.5) is 13.2 Å². The number of hydrogen-bond donors (Lipinski definition) is 2. The molecular weight excluding hydrogens is 425 g/mol. The van der Waals surface area contributed by atoms with Crippen LogP contribution >= 0.6 is 0 Å². The summed E-state index contributed by atoms with van der Waals surface area (Å²) in [6.45, 7) is 1.35. The summed E-state index contributed by atoms with van der Waals surface area (Å²) in [6, 6.07) is 11.1. The first kappa shape index (κ1) is 21.6. The zero-order chi connectivity index (χ0) is 23.0. The van der Waals surface area contributed by atoms with Crippen LogP contribution in [0.25, 0.3) is 22.0 Å². The van der Waals surface area contributed by atoms with E-state index in [1.807, 2.05) is 0 Å². The normalized spacial score (nSPS) is 18.6. The molecule has 0 bridgehead atoms. The van der Waals surface area contributed by atoms with Gasteiger partial charge in [-0.25, -0.2) is 0 Å². The molecule has 1 aliphatic heterocycles. The highest BCUT2D eigenvalue weighted by Gasteiger charge is 2.35. The number of rotatable bonds is 4. The van der Waals surface area contributed by atoms with E-state index in [0.29, 0.717) is 17.4 Å². The SMILES string of the molecule is CC(=O)OCC1C[C@@H](c2ccc3cc(-c4ccccc4C(F)(F)F)[nH]c(=O)c3c2)C(=O)N1. The smallest absolute Gasteiger partial charge is 0.417 e. The van der Waals surface area contributed by atoms with Crippen molar-refractivity contribution in [1.82, 2.24) is 10.3 Å². The largest absolute Gasteiger partial charge is 0.464 e. The fourth-order valence-corrected chi connectivity index (χ4v) is 3.97. The number of esters is 1. The summed E-state index contributed by atoms with van der Waals surface area (Å²) in [5, 5.41) is 3.49. The van der Waals surface area contributed by atoms with Gasteiger partial charge in [-0.1, -0.05) is 30.3 Å². The molecular formula is C23H19F3N2O4. The molecule has 0 spiro atoms. The highest BCUT2D eigenvalue weighted by molar-refractivity contribution is 5.90. The van der Waals surface area contributed by atoms with Crippen LogP contribution in [0, 0.1) is 0 Å². The number of carbonyl (C=O) groups excluding carboxylic acids is 2. The molecule has 0 radical (unpaired) electrons. The Hall–Kier alpha value is -3.62. The molecule has 2 N–H and O–H groups in total. The third kappa shape index (κ3) is 4.23. The second-order valence-corrected chi connectivity index (χ2v) is 7.70. The minimum Gasteiger partial charge on any atom is -0.464 e. The maximum absolute atomic E-state index is 13.4. The zero-order valence-electron chi connectivity index (χ0n) is 17.0. The van der Waals surface area contributed by atoms with Crippen LogP contribution in [0.15, 0.2) is 53.3 Å². The Morgan fingerprint density at radius 1 is 1.12 bits per heavy atom. The Morgan fingerprint density at radius 3 is 2.59 bits per heavy atom. The van der Waals surface area contributed by atoms with Gasteiger partial charge in [-0.3, -0.25) is 14.4 Å². The van der Waals surface area contributed by atoms with Gasteiger partial charge in [-0.15, -0.1) is 0 Å².